The molecule has 4 aromatic rings. The molecule has 148 valence electrons. The van der Waals surface area contributed by atoms with Crippen LogP contribution in [0.4, 0.5) is 14.7 Å². The van der Waals surface area contributed by atoms with E-state index in [4.69, 9.17) is 0 Å². The van der Waals surface area contributed by atoms with E-state index in [1.807, 2.05) is 31.2 Å². The van der Waals surface area contributed by atoms with Gasteiger partial charge < -0.3 is 0 Å². The minimum absolute atomic E-state index is 0.185. The Bertz CT molecular complexity index is 1120. The van der Waals surface area contributed by atoms with Crippen molar-refractivity contribution in [1.29, 1.82) is 0 Å². The fourth-order valence-electron chi connectivity index (χ4n) is 2.98. The van der Waals surface area contributed by atoms with Gasteiger partial charge in [0.2, 0.25) is 0 Å². The van der Waals surface area contributed by atoms with Crippen molar-refractivity contribution in [3.05, 3.63) is 102 Å². The summed E-state index contributed by atoms with van der Waals surface area (Å²) in [5.74, 6) is -0.473. The summed E-state index contributed by atoms with van der Waals surface area (Å²) in [6, 6.07) is 21.7. The SMILES string of the molecule is Cc1ccccc1CN=Nc1nc(-c2ccc(F)cc2)cc(-c2ccc(F)cc2)n1. The molecule has 0 atom stereocenters. The maximum atomic E-state index is 13.3. The minimum atomic E-state index is -0.329. The van der Waals surface area contributed by atoms with E-state index in [0.29, 0.717) is 17.9 Å². The molecular weight excluding hydrogens is 382 g/mol. The number of azo groups is 1. The van der Waals surface area contributed by atoms with Gasteiger partial charge >= 0.3 is 0 Å². The van der Waals surface area contributed by atoms with E-state index in [-0.39, 0.29) is 17.6 Å². The molecule has 0 aliphatic heterocycles. The highest BCUT2D eigenvalue weighted by molar-refractivity contribution is 5.69. The molecule has 0 amide bonds. The second kappa shape index (κ2) is 8.69. The Labute approximate surface area is 173 Å². The van der Waals surface area contributed by atoms with Crippen molar-refractivity contribution in [2.45, 2.75) is 13.5 Å². The number of aromatic nitrogens is 2. The lowest BCUT2D eigenvalue weighted by molar-refractivity contribution is 0.627. The summed E-state index contributed by atoms with van der Waals surface area (Å²) in [6.07, 6.45) is 0. The largest absolute Gasteiger partial charge is 0.269 e. The average molecular weight is 400 g/mol. The zero-order valence-corrected chi connectivity index (χ0v) is 16.3. The van der Waals surface area contributed by atoms with Crippen LogP contribution in [0.15, 0.2) is 89.1 Å². The summed E-state index contributed by atoms with van der Waals surface area (Å²) in [5.41, 5.74) is 4.79. The Kier molecular flexibility index (Phi) is 5.66. The van der Waals surface area contributed by atoms with Gasteiger partial charge in [-0.3, -0.25) is 0 Å². The van der Waals surface area contributed by atoms with E-state index in [1.54, 1.807) is 30.3 Å². The molecule has 0 aliphatic rings. The van der Waals surface area contributed by atoms with Crippen LogP contribution in [0.5, 0.6) is 0 Å². The fourth-order valence-corrected chi connectivity index (χ4v) is 2.98. The molecule has 30 heavy (non-hydrogen) atoms. The standard InChI is InChI=1S/C24H18F2N4/c1-16-4-2-3-5-19(16)15-27-30-24-28-22(17-6-10-20(25)11-7-17)14-23(29-24)18-8-12-21(26)13-9-18/h2-14H,15H2,1H3. The number of hydrogen-bond acceptors (Lipinski definition) is 4. The monoisotopic (exact) mass is 400 g/mol. The molecule has 3 aromatic carbocycles. The number of benzene rings is 3. The smallest absolute Gasteiger partial charge is 0.210 e. The summed E-state index contributed by atoms with van der Waals surface area (Å²) in [6.45, 7) is 2.42. The number of nitrogens with zero attached hydrogens (tertiary/aromatic N) is 4. The van der Waals surface area contributed by atoms with Gasteiger partial charge in [0.25, 0.3) is 5.95 Å². The molecule has 0 unspecified atom stereocenters. The summed E-state index contributed by atoms with van der Waals surface area (Å²) < 4.78 is 26.6. The predicted molar refractivity (Wildman–Crippen MR) is 112 cm³/mol. The van der Waals surface area contributed by atoms with Gasteiger partial charge in [0, 0.05) is 11.1 Å². The van der Waals surface area contributed by atoms with Gasteiger partial charge in [-0.2, -0.15) is 5.11 Å². The summed E-state index contributed by atoms with van der Waals surface area (Å²) >= 11 is 0. The van der Waals surface area contributed by atoms with Crippen LogP contribution in [0.25, 0.3) is 22.5 Å². The van der Waals surface area contributed by atoms with E-state index in [9.17, 15) is 8.78 Å². The average Bonchev–Trinajstić information content (AvgIpc) is 2.76. The fraction of sp³-hybridized carbons (Fsp3) is 0.0833. The van der Waals surface area contributed by atoms with Crippen molar-refractivity contribution in [2.24, 2.45) is 10.2 Å². The third-order valence-corrected chi connectivity index (χ3v) is 4.66. The number of halogens is 2. The Morgan fingerprint density at radius 1 is 0.733 bits per heavy atom. The van der Waals surface area contributed by atoms with Crippen LogP contribution in [-0.2, 0) is 6.54 Å². The van der Waals surface area contributed by atoms with E-state index in [1.165, 1.54) is 24.3 Å². The first-order valence-electron chi connectivity index (χ1n) is 9.41. The Balaban J connectivity index is 1.71. The maximum absolute atomic E-state index is 13.3. The lowest BCUT2D eigenvalue weighted by atomic mass is 10.1. The number of hydrogen-bond donors (Lipinski definition) is 0. The minimum Gasteiger partial charge on any atom is -0.210 e. The number of aryl methyl sites for hydroxylation is 1. The molecule has 0 bridgehead atoms. The molecule has 0 fully saturated rings. The topological polar surface area (TPSA) is 50.5 Å². The maximum Gasteiger partial charge on any atom is 0.269 e. The van der Waals surface area contributed by atoms with E-state index in [2.05, 4.69) is 20.2 Å². The molecule has 1 heterocycles. The van der Waals surface area contributed by atoms with Gasteiger partial charge in [0.05, 0.1) is 17.9 Å². The quantitative estimate of drug-likeness (QED) is 0.351. The summed E-state index contributed by atoms with van der Waals surface area (Å²) in [4.78, 5) is 8.92. The van der Waals surface area contributed by atoms with Gasteiger partial charge in [-0.15, -0.1) is 5.11 Å². The van der Waals surface area contributed by atoms with Gasteiger partial charge in [-0.1, -0.05) is 24.3 Å². The third-order valence-electron chi connectivity index (χ3n) is 4.66. The van der Waals surface area contributed by atoms with Gasteiger partial charge in [0.1, 0.15) is 11.6 Å². The van der Waals surface area contributed by atoms with Crippen LogP contribution < -0.4 is 0 Å². The van der Waals surface area contributed by atoms with Crippen LogP contribution in [0.2, 0.25) is 0 Å². The second-order valence-electron chi connectivity index (χ2n) is 6.78. The molecule has 0 radical (unpaired) electrons. The van der Waals surface area contributed by atoms with Gasteiger partial charge in [-0.05, 0) is 72.6 Å². The lowest BCUT2D eigenvalue weighted by Crippen LogP contribution is -1.92. The van der Waals surface area contributed by atoms with Gasteiger partial charge in [0.15, 0.2) is 0 Å². The molecule has 6 heteroatoms. The second-order valence-corrected chi connectivity index (χ2v) is 6.78. The molecule has 1 aromatic heterocycles. The van der Waals surface area contributed by atoms with Crippen molar-refractivity contribution in [3.8, 4) is 22.5 Å². The molecule has 0 N–H and O–H groups in total. The molecule has 0 spiro atoms. The Hall–Kier alpha value is -3.80. The van der Waals surface area contributed by atoms with E-state index < -0.39 is 0 Å². The predicted octanol–water partition coefficient (Wildman–Crippen LogP) is 6.68. The van der Waals surface area contributed by atoms with Crippen LogP contribution in [0.3, 0.4) is 0 Å². The van der Waals surface area contributed by atoms with Gasteiger partial charge in [-0.25, -0.2) is 18.7 Å². The molecule has 4 rings (SSSR count). The Morgan fingerprint density at radius 2 is 1.27 bits per heavy atom. The first-order chi connectivity index (χ1) is 14.6. The third kappa shape index (κ3) is 4.60. The molecule has 4 nitrogen and oxygen atoms in total. The van der Waals surface area contributed by atoms with Crippen molar-refractivity contribution < 1.29 is 8.78 Å². The highest BCUT2D eigenvalue weighted by Gasteiger charge is 2.09. The van der Waals surface area contributed by atoms with Crippen LogP contribution in [0, 0.1) is 18.6 Å². The van der Waals surface area contributed by atoms with Crippen LogP contribution in [0.1, 0.15) is 11.1 Å². The highest BCUT2D eigenvalue weighted by atomic mass is 19.1. The molecule has 0 saturated carbocycles. The van der Waals surface area contributed by atoms with Crippen LogP contribution in [-0.4, -0.2) is 9.97 Å². The lowest BCUT2D eigenvalue weighted by Gasteiger charge is -2.07. The highest BCUT2D eigenvalue weighted by Crippen LogP contribution is 2.26. The normalized spacial score (nSPS) is 11.2. The van der Waals surface area contributed by atoms with Crippen molar-refractivity contribution in [3.63, 3.8) is 0 Å². The molecule has 0 aliphatic carbocycles. The Morgan fingerprint density at radius 3 is 1.80 bits per heavy atom. The summed E-state index contributed by atoms with van der Waals surface area (Å²) in [5, 5.41) is 8.46. The van der Waals surface area contributed by atoms with Crippen molar-refractivity contribution in [1.82, 2.24) is 9.97 Å². The molecular formula is C24H18F2N4. The van der Waals surface area contributed by atoms with E-state index >= 15 is 0 Å². The first kappa shape index (κ1) is 19.5. The first-order valence-corrected chi connectivity index (χ1v) is 9.41. The number of rotatable bonds is 5. The zero-order chi connectivity index (χ0) is 20.9. The van der Waals surface area contributed by atoms with Crippen molar-refractivity contribution in [2.75, 3.05) is 0 Å². The molecule has 0 saturated heterocycles. The zero-order valence-electron chi connectivity index (χ0n) is 16.3. The van der Waals surface area contributed by atoms with Crippen molar-refractivity contribution >= 4 is 5.95 Å². The summed E-state index contributed by atoms with van der Waals surface area (Å²) in [7, 11) is 0. The van der Waals surface area contributed by atoms with E-state index in [0.717, 1.165) is 22.3 Å². The van der Waals surface area contributed by atoms with Crippen LogP contribution >= 0.6 is 0 Å².